The lowest BCUT2D eigenvalue weighted by atomic mass is 10.0. The Balaban J connectivity index is 1.87. The minimum absolute atomic E-state index is 0.0323. The SMILES string of the molecule is CCCCCCCCC(N)CC1OCCO1. The summed E-state index contributed by atoms with van der Waals surface area (Å²) < 4.78 is 10.8. The van der Waals surface area contributed by atoms with Crippen molar-refractivity contribution >= 4 is 0 Å². The summed E-state index contributed by atoms with van der Waals surface area (Å²) in [5, 5.41) is 0. The average molecular weight is 229 g/mol. The third-order valence-electron chi connectivity index (χ3n) is 3.11. The van der Waals surface area contributed by atoms with Crippen LogP contribution in [0.15, 0.2) is 0 Å². The zero-order valence-corrected chi connectivity index (χ0v) is 10.6. The lowest BCUT2D eigenvalue weighted by Crippen LogP contribution is -2.26. The van der Waals surface area contributed by atoms with E-state index in [-0.39, 0.29) is 12.3 Å². The van der Waals surface area contributed by atoms with Crippen molar-refractivity contribution in [1.82, 2.24) is 0 Å². The van der Waals surface area contributed by atoms with Crippen LogP contribution in [-0.2, 0) is 9.47 Å². The molecular weight excluding hydrogens is 202 g/mol. The molecule has 2 N–H and O–H groups in total. The Bertz CT molecular complexity index is 158. The van der Waals surface area contributed by atoms with Crippen molar-refractivity contribution in [1.29, 1.82) is 0 Å². The summed E-state index contributed by atoms with van der Waals surface area (Å²) in [6.07, 6.45) is 9.92. The van der Waals surface area contributed by atoms with Crippen molar-refractivity contribution in [2.45, 2.75) is 70.6 Å². The molecule has 96 valence electrons. The number of nitrogens with two attached hydrogens (primary N) is 1. The van der Waals surface area contributed by atoms with Crippen LogP contribution in [-0.4, -0.2) is 25.5 Å². The minimum Gasteiger partial charge on any atom is -0.350 e. The molecule has 1 heterocycles. The van der Waals surface area contributed by atoms with E-state index in [0.29, 0.717) is 0 Å². The van der Waals surface area contributed by atoms with Gasteiger partial charge in [0.1, 0.15) is 0 Å². The Hall–Kier alpha value is -0.120. The largest absolute Gasteiger partial charge is 0.350 e. The number of unbranched alkanes of at least 4 members (excludes halogenated alkanes) is 5. The standard InChI is InChI=1S/C13H27NO2/c1-2-3-4-5-6-7-8-12(14)11-13-15-9-10-16-13/h12-13H,2-11,14H2,1H3. The molecule has 0 aromatic heterocycles. The summed E-state index contributed by atoms with van der Waals surface area (Å²) in [6.45, 7) is 3.71. The number of ether oxygens (including phenoxy) is 2. The predicted molar refractivity (Wildman–Crippen MR) is 66.3 cm³/mol. The third-order valence-corrected chi connectivity index (χ3v) is 3.11. The van der Waals surface area contributed by atoms with E-state index in [1.165, 1.54) is 38.5 Å². The highest BCUT2D eigenvalue weighted by atomic mass is 16.7. The molecule has 0 saturated carbocycles. The molecule has 0 aromatic carbocycles. The molecule has 0 spiro atoms. The van der Waals surface area contributed by atoms with Gasteiger partial charge in [-0.3, -0.25) is 0 Å². The van der Waals surface area contributed by atoms with Crippen LogP contribution in [0, 0.1) is 0 Å². The average Bonchev–Trinajstić information content (AvgIpc) is 2.76. The molecule has 0 radical (unpaired) electrons. The molecule has 16 heavy (non-hydrogen) atoms. The van der Waals surface area contributed by atoms with E-state index in [4.69, 9.17) is 15.2 Å². The zero-order valence-electron chi connectivity index (χ0n) is 10.6. The molecular formula is C13H27NO2. The molecule has 0 amide bonds. The van der Waals surface area contributed by atoms with Crippen LogP contribution >= 0.6 is 0 Å². The second kappa shape index (κ2) is 8.97. The van der Waals surface area contributed by atoms with Gasteiger partial charge in [-0.05, 0) is 6.42 Å². The van der Waals surface area contributed by atoms with Gasteiger partial charge in [-0.25, -0.2) is 0 Å². The first-order chi connectivity index (χ1) is 7.83. The maximum atomic E-state index is 6.03. The maximum absolute atomic E-state index is 6.03. The number of rotatable bonds is 9. The molecule has 3 heteroatoms. The highest BCUT2D eigenvalue weighted by Gasteiger charge is 2.18. The van der Waals surface area contributed by atoms with Gasteiger partial charge in [0.25, 0.3) is 0 Å². The summed E-state index contributed by atoms with van der Waals surface area (Å²) in [7, 11) is 0. The van der Waals surface area contributed by atoms with E-state index in [0.717, 1.165) is 26.1 Å². The van der Waals surface area contributed by atoms with Crippen LogP contribution in [0.3, 0.4) is 0 Å². The first-order valence-corrected chi connectivity index (χ1v) is 6.81. The van der Waals surface area contributed by atoms with Crippen LogP contribution in [0.2, 0.25) is 0 Å². The summed E-state index contributed by atoms with van der Waals surface area (Å²) >= 11 is 0. The van der Waals surface area contributed by atoms with Crippen molar-refractivity contribution in [2.75, 3.05) is 13.2 Å². The quantitative estimate of drug-likeness (QED) is 0.618. The van der Waals surface area contributed by atoms with Gasteiger partial charge in [-0.1, -0.05) is 45.4 Å². The first-order valence-electron chi connectivity index (χ1n) is 6.81. The number of hydrogen-bond acceptors (Lipinski definition) is 3. The second-order valence-corrected chi connectivity index (χ2v) is 4.72. The third kappa shape index (κ3) is 6.46. The second-order valence-electron chi connectivity index (χ2n) is 4.72. The Morgan fingerprint density at radius 1 is 1.06 bits per heavy atom. The molecule has 1 saturated heterocycles. The van der Waals surface area contributed by atoms with Gasteiger partial charge >= 0.3 is 0 Å². The molecule has 0 aromatic rings. The lowest BCUT2D eigenvalue weighted by Gasteiger charge is -2.15. The normalized spacial score (nSPS) is 19.1. The van der Waals surface area contributed by atoms with Crippen molar-refractivity contribution < 1.29 is 9.47 Å². The summed E-state index contributed by atoms with van der Waals surface area (Å²) in [5.74, 6) is 0. The Labute approximate surface area is 99.7 Å². The van der Waals surface area contributed by atoms with Crippen molar-refractivity contribution in [3.8, 4) is 0 Å². The fourth-order valence-electron chi connectivity index (χ4n) is 2.10. The van der Waals surface area contributed by atoms with Gasteiger partial charge in [-0.2, -0.15) is 0 Å². The molecule has 1 aliphatic heterocycles. The van der Waals surface area contributed by atoms with E-state index >= 15 is 0 Å². The highest BCUT2D eigenvalue weighted by Crippen LogP contribution is 2.14. The Morgan fingerprint density at radius 3 is 2.38 bits per heavy atom. The van der Waals surface area contributed by atoms with Crippen LogP contribution in [0.1, 0.15) is 58.3 Å². The first kappa shape index (κ1) is 13.9. The molecule has 1 rings (SSSR count). The van der Waals surface area contributed by atoms with E-state index in [9.17, 15) is 0 Å². The summed E-state index contributed by atoms with van der Waals surface area (Å²) in [6, 6.07) is 0.245. The van der Waals surface area contributed by atoms with Crippen LogP contribution in [0.4, 0.5) is 0 Å². The predicted octanol–water partition coefficient (Wildman–Crippen LogP) is 2.83. The molecule has 0 aliphatic carbocycles. The van der Waals surface area contributed by atoms with E-state index in [2.05, 4.69) is 6.92 Å². The fourth-order valence-corrected chi connectivity index (χ4v) is 2.10. The van der Waals surface area contributed by atoms with E-state index < -0.39 is 0 Å². The minimum atomic E-state index is -0.0323. The van der Waals surface area contributed by atoms with Crippen molar-refractivity contribution in [3.05, 3.63) is 0 Å². The van der Waals surface area contributed by atoms with Crippen LogP contribution in [0.5, 0.6) is 0 Å². The van der Waals surface area contributed by atoms with Crippen molar-refractivity contribution in [3.63, 3.8) is 0 Å². The van der Waals surface area contributed by atoms with Gasteiger partial charge in [-0.15, -0.1) is 0 Å². The van der Waals surface area contributed by atoms with Gasteiger partial charge in [0.15, 0.2) is 6.29 Å². The van der Waals surface area contributed by atoms with Crippen LogP contribution < -0.4 is 5.73 Å². The van der Waals surface area contributed by atoms with Gasteiger partial charge < -0.3 is 15.2 Å². The molecule has 1 aliphatic rings. The molecule has 1 fully saturated rings. The lowest BCUT2D eigenvalue weighted by molar-refractivity contribution is -0.0510. The summed E-state index contributed by atoms with van der Waals surface area (Å²) in [4.78, 5) is 0. The van der Waals surface area contributed by atoms with Gasteiger partial charge in [0.2, 0.25) is 0 Å². The zero-order chi connectivity index (χ0) is 11.6. The Morgan fingerprint density at radius 2 is 1.69 bits per heavy atom. The highest BCUT2D eigenvalue weighted by molar-refractivity contribution is 4.65. The molecule has 1 atom stereocenters. The summed E-state index contributed by atoms with van der Waals surface area (Å²) in [5.41, 5.74) is 6.03. The fraction of sp³-hybridized carbons (Fsp3) is 1.00. The smallest absolute Gasteiger partial charge is 0.159 e. The Kier molecular flexibility index (Phi) is 7.81. The maximum Gasteiger partial charge on any atom is 0.159 e. The van der Waals surface area contributed by atoms with Gasteiger partial charge in [0.05, 0.1) is 13.2 Å². The topological polar surface area (TPSA) is 44.5 Å². The van der Waals surface area contributed by atoms with Crippen LogP contribution in [0.25, 0.3) is 0 Å². The van der Waals surface area contributed by atoms with E-state index in [1.807, 2.05) is 0 Å². The van der Waals surface area contributed by atoms with E-state index in [1.54, 1.807) is 0 Å². The molecule has 1 unspecified atom stereocenters. The van der Waals surface area contributed by atoms with Crippen molar-refractivity contribution in [2.24, 2.45) is 5.73 Å². The monoisotopic (exact) mass is 229 g/mol. The number of hydrogen-bond donors (Lipinski definition) is 1. The molecule has 0 bridgehead atoms. The van der Waals surface area contributed by atoms with Gasteiger partial charge in [0, 0.05) is 12.5 Å². The molecule has 3 nitrogen and oxygen atoms in total.